The van der Waals surface area contributed by atoms with Crippen molar-refractivity contribution in [3.63, 3.8) is 0 Å². The maximum atomic E-state index is 13.9. The van der Waals surface area contributed by atoms with Crippen LogP contribution >= 0.6 is 0 Å². The second kappa shape index (κ2) is 7.62. The lowest BCUT2D eigenvalue weighted by molar-refractivity contribution is 0.0946. The van der Waals surface area contributed by atoms with Gasteiger partial charge in [-0.15, -0.1) is 0 Å². The standard InChI is InChI=1S/C17H19FN2O4S/c1-20(2)25(22,23)14-8-9-16(18)15(10-14)17(21)19-11-12-4-6-13(24-3)7-5-12/h4-10H,11H2,1-3H3,(H,19,21). The number of rotatable bonds is 6. The molecule has 0 radical (unpaired) electrons. The fraction of sp³-hybridized carbons (Fsp3) is 0.235. The number of methoxy groups -OCH3 is 1. The number of halogens is 1. The van der Waals surface area contributed by atoms with Crippen LogP contribution in [-0.2, 0) is 16.6 Å². The van der Waals surface area contributed by atoms with E-state index in [2.05, 4.69) is 5.32 Å². The Morgan fingerprint density at radius 3 is 2.36 bits per heavy atom. The SMILES string of the molecule is COc1ccc(CNC(=O)c2cc(S(=O)(=O)N(C)C)ccc2F)cc1. The molecule has 0 saturated carbocycles. The van der Waals surface area contributed by atoms with Crippen LogP contribution < -0.4 is 10.1 Å². The van der Waals surface area contributed by atoms with Gasteiger partial charge < -0.3 is 10.1 Å². The van der Waals surface area contributed by atoms with Crippen molar-refractivity contribution in [1.29, 1.82) is 0 Å². The average molecular weight is 366 g/mol. The van der Waals surface area contributed by atoms with Crippen LogP contribution in [0.4, 0.5) is 4.39 Å². The number of nitrogens with zero attached hydrogens (tertiary/aromatic N) is 1. The lowest BCUT2D eigenvalue weighted by atomic mass is 10.1. The van der Waals surface area contributed by atoms with Crippen LogP contribution in [0.2, 0.25) is 0 Å². The largest absolute Gasteiger partial charge is 0.497 e. The van der Waals surface area contributed by atoms with Gasteiger partial charge in [0.2, 0.25) is 10.0 Å². The summed E-state index contributed by atoms with van der Waals surface area (Å²) in [4.78, 5) is 12.1. The Morgan fingerprint density at radius 1 is 1.16 bits per heavy atom. The maximum absolute atomic E-state index is 13.9. The molecular formula is C17H19FN2O4S. The molecule has 0 fully saturated rings. The number of hydrogen-bond donors (Lipinski definition) is 1. The van der Waals surface area contributed by atoms with E-state index < -0.39 is 21.7 Å². The lowest BCUT2D eigenvalue weighted by Gasteiger charge is -2.13. The Labute approximate surface area is 146 Å². The zero-order chi connectivity index (χ0) is 18.6. The smallest absolute Gasteiger partial charge is 0.254 e. The van der Waals surface area contributed by atoms with Crippen molar-refractivity contribution < 1.29 is 22.3 Å². The highest BCUT2D eigenvalue weighted by atomic mass is 32.2. The average Bonchev–Trinajstić information content (AvgIpc) is 2.60. The summed E-state index contributed by atoms with van der Waals surface area (Å²) in [6, 6.07) is 10.2. The van der Waals surface area contributed by atoms with Gasteiger partial charge in [-0.2, -0.15) is 0 Å². The number of ether oxygens (including phenoxy) is 1. The number of amides is 1. The van der Waals surface area contributed by atoms with E-state index >= 15 is 0 Å². The zero-order valence-corrected chi connectivity index (χ0v) is 14.9. The molecule has 2 aromatic rings. The van der Waals surface area contributed by atoms with Gasteiger partial charge in [-0.05, 0) is 35.9 Å². The summed E-state index contributed by atoms with van der Waals surface area (Å²) in [5.74, 6) is -0.795. The summed E-state index contributed by atoms with van der Waals surface area (Å²) >= 11 is 0. The summed E-state index contributed by atoms with van der Waals surface area (Å²) in [6.07, 6.45) is 0. The Morgan fingerprint density at radius 2 is 1.80 bits per heavy atom. The van der Waals surface area contributed by atoms with Gasteiger partial charge >= 0.3 is 0 Å². The molecule has 1 amide bonds. The molecule has 8 heteroatoms. The molecule has 0 atom stereocenters. The van der Waals surface area contributed by atoms with Gasteiger partial charge in [-0.3, -0.25) is 4.79 Å². The van der Waals surface area contributed by atoms with Gasteiger partial charge in [-0.25, -0.2) is 17.1 Å². The summed E-state index contributed by atoms with van der Waals surface area (Å²) in [6.45, 7) is 0.174. The van der Waals surface area contributed by atoms with Gasteiger partial charge in [0.1, 0.15) is 11.6 Å². The first-order valence-corrected chi connectivity index (χ1v) is 8.83. The van der Waals surface area contributed by atoms with Crippen molar-refractivity contribution in [2.24, 2.45) is 0 Å². The van der Waals surface area contributed by atoms with Crippen molar-refractivity contribution in [2.45, 2.75) is 11.4 Å². The number of benzene rings is 2. The van der Waals surface area contributed by atoms with E-state index in [-0.39, 0.29) is 17.0 Å². The molecule has 0 aliphatic rings. The highest BCUT2D eigenvalue weighted by Crippen LogP contribution is 2.18. The minimum atomic E-state index is -3.75. The van der Waals surface area contributed by atoms with Crippen LogP contribution in [0.25, 0.3) is 0 Å². The normalized spacial score (nSPS) is 11.4. The Kier molecular flexibility index (Phi) is 5.76. The van der Waals surface area contributed by atoms with Gasteiger partial charge in [0.25, 0.3) is 5.91 Å². The Bertz CT molecular complexity index is 865. The predicted octanol–water partition coefficient (Wildman–Crippen LogP) is 2.01. The highest BCUT2D eigenvalue weighted by Gasteiger charge is 2.21. The molecule has 0 aliphatic carbocycles. The lowest BCUT2D eigenvalue weighted by Crippen LogP contribution is -2.26. The third kappa shape index (κ3) is 4.34. The number of sulfonamides is 1. The molecule has 0 saturated heterocycles. The van der Waals surface area contributed by atoms with E-state index in [1.165, 1.54) is 14.1 Å². The molecule has 25 heavy (non-hydrogen) atoms. The molecule has 2 rings (SSSR count). The molecule has 1 N–H and O–H groups in total. The summed E-state index contributed by atoms with van der Waals surface area (Å²) in [5, 5.41) is 2.57. The summed E-state index contributed by atoms with van der Waals surface area (Å²) in [7, 11) is 0.525. The highest BCUT2D eigenvalue weighted by molar-refractivity contribution is 7.89. The van der Waals surface area contributed by atoms with Crippen molar-refractivity contribution in [3.8, 4) is 5.75 Å². The quantitative estimate of drug-likeness (QED) is 0.849. The minimum Gasteiger partial charge on any atom is -0.497 e. The van der Waals surface area contributed by atoms with E-state index in [1.54, 1.807) is 31.4 Å². The molecule has 0 aliphatic heterocycles. The van der Waals surface area contributed by atoms with E-state index in [1.807, 2.05) is 0 Å². The number of carbonyl (C=O) groups is 1. The fourth-order valence-corrected chi connectivity index (χ4v) is 3.00. The first-order chi connectivity index (χ1) is 11.8. The molecule has 6 nitrogen and oxygen atoms in total. The fourth-order valence-electron chi connectivity index (χ4n) is 2.07. The van der Waals surface area contributed by atoms with E-state index in [0.717, 1.165) is 28.1 Å². The van der Waals surface area contributed by atoms with E-state index in [4.69, 9.17) is 4.74 Å². The minimum absolute atomic E-state index is 0.145. The molecule has 0 spiro atoms. The molecular weight excluding hydrogens is 347 g/mol. The predicted molar refractivity (Wildman–Crippen MR) is 91.4 cm³/mol. The zero-order valence-electron chi connectivity index (χ0n) is 14.1. The molecule has 2 aromatic carbocycles. The van der Waals surface area contributed by atoms with Crippen molar-refractivity contribution >= 4 is 15.9 Å². The summed E-state index contributed by atoms with van der Waals surface area (Å²) < 4.78 is 44.2. The van der Waals surface area contributed by atoms with Gasteiger partial charge in [0, 0.05) is 20.6 Å². The van der Waals surface area contributed by atoms with Crippen molar-refractivity contribution in [1.82, 2.24) is 9.62 Å². The summed E-state index contributed by atoms with van der Waals surface area (Å²) in [5.41, 5.74) is 0.475. The third-order valence-electron chi connectivity index (χ3n) is 3.57. The first-order valence-electron chi connectivity index (χ1n) is 7.39. The van der Waals surface area contributed by atoms with Gasteiger partial charge in [0.05, 0.1) is 17.6 Å². The van der Waals surface area contributed by atoms with E-state index in [9.17, 15) is 17.6 Å². The number of carbonyl (C=O) groups excluding carboxylic acids is 1. The Balaban J connectivity index is 2.18. The van der Waals surface area contributed by atoms with Crippen molar-refractivity contribution in [2.75, 3.05) is 21.2 Å². The molecule has 0 aromatic heterocycles. The van der Waals surface area contributed by atoms with Crippen LogP contribution in [0.5, 0.6) is 5.75 Å². The third-order valence-corrected chi connectivity index (χ3v) is 5.38. The topological polar surface area (TPSA) is 75.7 Å². The molecule has 0 heterocycles. The number of nitrogens with one attached hydrogen (secondary N) is 1. The second-order valence-electron chi connectivity index (χ2n) is 5.46. The first kappa shape index (κ1) is 18.9. The van der Waals surface area contributed by atoms with Crippen LogP contribution in [0.1, 0.15) is 15.9 Å². The van der Waals surface area contributed by atoms with Gasteiger partial charge in [-0.1, -0.05) is 12.1 Å². The van der Waals surface area contributed by atoms with Crippen LogP contribution in [0.3, 0.4) is 0 Å². The van der Waals surface area contributed by atoms with Crippen LogP contribution in [0, 0.1) is 5.82 Å². The van der Waals surface area contributed by atoms with E-state index in [0.29, 0.717) is 5.75 Å². The van der Waals surface area contributed by atoms with Crippen LogP contribution in [0.15, 0.2) is 47.4 Å². The molecule has 0 bridgehead atoms. The van der Waals surface area contributed by atoms with Crippen molar-refractivity contribution in [3.05, 3.63) is 59.4 Å². The monoisotopic (exact) mass is 366 g/mol. The van der Waals surface area contributed by atoms with Crippen LogP contribution in [-0.4, -0.2) is 39.8 Å². The maximum Gasteiger partial charge on any atom is 0.254 e. The Hall–Kier alpha value is -2.45. The second-order valence-corrected chi connectivity index (χ2v) is 7.61. The molecule has 134 valence electrons. The molecule has 0 unspecified atom stereocenters. The number of hydrogen-bond acceptors (Lipinski definition) is 4. The van der Waals surface area contributed by atoms with Gasteiger partial charge in [0.15, 0.2) is 0 Å².